The lowest BCUT2D eigenvalue weighted by atomic mass is 10.0. The maximum atomic E-state index is 11.7. The fourth-order valence-corrected chi connectivity index (χ4v) is 1.82. The standard InChI is InChI=1S/C14H19NO4/c1-14(2,3)19-13(16)7-10(15)9-4-5-11-12(6-9)18-8-17-11/h4-6,10H,7-8,15H2,1-3H3. The summed E-state index contributed by atoms with van der Waals surface area (Å²) >= 11 is 0. The van der Waals surface area contributed by atoms with Gasteiger partial charge >= 0.3 is 5.97 Å². The van der Waals surface area contributed by atoms with Gasteiger partial charge in [-0.2, -0.15) is 0 Å². The van der Waals surface area contributed by atoms with Crippen molar-refractivity contribution in [2.24, 2.45) is 5.73 Å². The van der Waals surface area contributed by atoms with Crippen molar-refractivity contribution in [3.05, 3.63) is 23.8 Å². The highest BCUT2D eigenvalue weighted by Gasteiger charge is 2.21. The van der Waals surface area contributed by atoms with E-state index in [0.29, 0.717) is 11.5 Å². The molecule has 1 aromatic rings. The SMILES string of the molecule is CC(C)(C)OC(=O)CC(N)c1ccc2c(c1)OCO2. The lowest BCUT2D eigenvalue weighted by Crippen LogP contribution is -2.26. The molecule has 0 radical (unpaired) electrons. The summed E-state index contributed by atoms with van der Waals surface area (Å²) in [5, 5.41) is 0. The third kappa shape index (κ3) is 3.61. The molecule has 0 saturated carbocycles. The molecule has 0 spiro atoms. The van der Waals surface area contributed by atoms with Crippen molar-refractivity contribution < 1.29 is 19.0 Å². The van der Waals surface area contributed by atoms with Gasteiger partial charge in [-0.1, -0.05) is 6.07 Å². The average Bonchev–Trinajstić information content (AvgIpc) is 2.72. The number of fused-ring (bicyclic) bond motifs is 1. The Morgan fingerprint density at radius 1 is 1.37 bits per heavy atom. The summed E-state index contributed by atoms with van der Waals surface area (Å²) in [5.74, 6) is 1.06. The Kier molecular flexibility index (Phi) is 3.66. The summed E-state index contributed by atoms with van der Waals surface area (Å²) in [5.41, 5.74) is 6.35. The number of nitrogens with two attached hydrogens (primary N) is 1. The van der Waals surface area contributed by atoms with Crippen molar-refractivity contribution in [1.29, 1.82) is 0 Å². The lowest BCUT2D eigenvalue weighted by molar-refractivity contribution is -0.155. The molecule has 2 rings (SSSR count). The maximum Gasteiger partial charge on any atom is 0.308 e. The third-order valence-corrected chi connectivity index (χ3v) is 2.63. The van der Waals surface area contributed by atoms with E-state index in [4.69, 9.17) is 19.9 Å². The molecule has 1 atom stereocenters. The molecular formula is C14H19NO4. The van der Waals surface area contributed by atoms with Crippen LogP contribution in [0.2, 0.25) is 0 Å². The van der Waals surface area contributed by atoms with E-state index in [9.17, 15) is 4.79 Å². The van der Waals surface area contributed by atoms with Crippen LogP contribution in [0.5, 0.6) is 11.5 Å². The molecule has 5 nitrogen and oxygen atoms in total. The van der Waals surface area contributed by atoms with E-state index in [0.717, 1.165) is 5.56 Å². The lowest BCUT2D eigenvalue weighted by Gasteiger charge is -2.21. The normalized spacial score (nSPS) is 15.2. The zero-order valence-electron chi connectivity index (χ0n) is 11.4. The molecule has 1 aromatic carbocycles. The zero-order valence-corrected chi connectivity index (χ0v) is 11.4. The summed E-state index contributed by atoms with van der Waals surface area (Å²) in [6.07, 6.45) is 0.136. The Labute approximate surface area is 112 Å². The predicted molar refractivity (Wildman–Crippen MR) is 70.0 cm³/mol. The maximum absolute atomic E-state index is 11.7. The zero-order chi connectivity index (χ0) is 14.0. The first-order valence-corrected chi connectivity index (χ1v) is 6.22. The summed E-state index contributed by atoms with van der Waals surface area (Å²) in [4.78, 5) is 11.7. The Hall–Kier alpha value is -1.75. The van der Waals surface area contributed by atoms with Gasteiger partial charge in [-0.15, -0.1) is 0 Å². The predicted octanol–water partition coefficient (Wildman–Crippen LogP) is 2.15. The van der Waals surface area contributed by atoms with Crippen LogP contribution in [0.4, 0.5) is 0 Å². The Morgan fingerprint density at radius 3 is 2.74 bits per heavy atom. The molecule has 0 aliphatic carbocycles. The number of rotatable bonds is 3. The minimum atomic E-state index is -0.494. The molecule has 0 aromatic heterocycles. The van der Waals surface area contributed by atoms with Crippen LogP contribution in [0.1, 0.15) is 38.8 Å². The van der Waals surface area contributed by atoms with Crippen molar-refractivity contribution in [2.45, 2.75) is 38.8 Å². The average molecular weight is 265 g/mol. The number of hydrogen-bond donors (Lipinski definition) is 1. The molecule has 2 N–H and O–H groups in total. The molecule has 1 aliphatic rings. The van der Waals surface area contributed by atoms with Crippen LogP contribution in [-0.4, -0.2) is 18.4 Å². The van der Waals surface area contributed by atoms with E-state index in [1.165, 1.54) is 0 Å². The third-order valence-electron chi connectivity index (χ3n) is 2.63. The largest absolute Gasteiger partial charge is 0.460 e. The summed E-state index contributed by atoms with van der Waals surface area (Å²) in [6.45, 7) is 5.71. The van der Waals surface area contributed by atoms with Crippen LogP contribution in [-0.2, 0) is 9.53 Å². The Morgan fingerprint density at radius 2 is 2.05 bits per heavy atom. The van der Waals surface area contributed by atoms with Crippen LogP contribution < -0.4 is 15.2 Å². The van der Waals surface area contributed by atoms with Crippen LogP contribution in [0, 0.1) is 0 Å². The molecule has 0 saturated heterocycles. The van der Waals surface area contributed by atoms with Gasteiger partial charge in [-0.3, -0.25) is 4.79 Å². The minimum Gasteiger partial charge on any atom is -0.460 e. The molecular weight excluding hydrogens is 246 g/mol. The topological polar surface area (TPSA) is 70.8 Å². The van der Waals surface area contributed by atoms with E-state index >= 15 is 0 Å². The molecule has 1 aliphatic heterocycles. The van der Waals surface area contributed by atoms with E-state index < -0.39 is 11.6 Å². The van der Waals surface area contributed by atoms with Crippen molar-refractivity contribution >= 4 is 5.97 Å². The molecule has 1 unspecified atom stereocenters. The number of hydrogen-bond acceptors (Lipinski definition) is 5. The smallest absolute Gasteiger partial charge is 0.308 e. The van der Waals surface area contributed by atoms with Gasteiger partial charge in [0.05, 0.1) is 6.42 Å². The summed E-state index contributed by atoms with van der Waals surface area (Å²) < 4.78 is 15.8. The quantitative estimate of drug-likeness (QED) is 0.848. The first-order valence-electron chi connectivity index (χ1n) is 6.22. The Bertz CT molecular complexity index is 479. The number of ether oxygens (including phenoxy) is 3. The Balaban J connectivity index is 2.00. The summed E-state index contributed by atoms with van der Waals surface area (Å²) in [7, 11) is 0. The molecule has 104 valence electrons. The van der Waals surface area contributed by atoms with Crippen molar-refractivity contribution in [3.8, 4) is 11.5 Å². The molecule has 5 heteroatoms. The van der Waals surface area contributed by atoms with Gasteiger partial charge in [-0.25, -0.2) is 0 Å². The van der Waals surface area contributed by atoms with E-state index in [2.05, 4.69) is 0 Å². The number of carbonyl (C=O) groups excluding carboxylic acids is 1. The molecule has 1 heterocycles. The second-order valence-corrected chi connectivity index (χ2v) is 5.51. The molecule has 0 amide bonds. The molecule has 0 fully saturated rings. The monoisotopic (exact) mass is 265 g/mol. The van der Waals surface area contributed by atoms with Gasteiger partial charge < -0.3 is 19.9 Å². The van der Waals surface area contributed by atoms with Crippen molar-refractivity contribution in [1.82, 2.24) is 0 Å². The van der Waals surface area contributed by atoms with Crippen molar-refractivity contribution in [2.75, 3.05) is 6.79 Å². The van der Waals surface area contributed by atoms with E-state index in [1.807, 2.05) is 26.8 Å². The van der Waals surface area contributed by atoms with Gasteiger partial charge in [0.25, 0.3) is 0 Å². The highest BCUT2D eigenvalue weighted by Crippen LogP contribution is 2.34. The first kappa shape index (κ1) is 13.7. The number of benzene rings is 1. The second-order valence-electron chi connectivity index (χ2n) is 5.51. The highest BCUT2D eigenvalue weighted by molar-refractivity contribution is 5.71. The van der Waals surface area contributed by atoms with Crippen LogP contribution in [0.25, 0.3) is 0 Å². The fraction of sp³-hybridized carbons (Fsp3) is 0.500. The fourth-order valence-electron chi connectivity index (χ4n) is 1.82. The van der Waals surface area contributed by atoms with Crippen LogP contribution >= 0.6 is 0 Å². The van der Waals surface area contributed by atoms with E-state index in [1.54, 1.807) is 12.1 Å². The molecule has 19 heavy (non-hydrogen) atoms. The van der Waals surface area contributed by atoms with Gasteiger partial charge in [0.2, 0.25) is 6.79 Å². The van der Waals surface area contributed by atoms with E-state index in [-0.39, 0.29) is 19.2 Å². The minimum absolute atomic E-state index is 0.136. The highest BCUT2D eigenvalue weighted by atomic mass is 16.7. The summed E-state index contributed by atoms with van der Waals surface area (Å²) in [6, 6.07) is 5.02. The number of carbonyl (C=O) groups is 1. The molecule has 0 bridgehead atoms. The second kappa shape index (κ2) is 5.09. The van der Waals surface area contributed by atoms with Gasteiger partial charge in [-0.05, 0) is 38.5 Å². The number of esters is 1. The van der Waals surface area contributed by atoms with Crippen LogP contribution in [0.15, 0.2) is 18.2 Å². The van der Waals surface area contributed by atoms with Crippen molar-refractivity contribution in [3.63, 3.8) is 0 Å². The van der Waals surface area contributed by atoms with Gasteiger partial charge in [0, 0.05) is 6.04 Å². The van der Waals surface area contributed by atoms with Crippen LogP contribution in [0.3, 0.4) is 0 Å². The van der Waals surface area contributed by atoms with Gasteiger partial charge in [0.1, 0.15) is 5.60 Å². The first-order chi connectivity index (χ1) is 8.85. The van der Waals surface area contributed by atoms with Gasteiger partial charge in [0.15, 0.2) is 11.5 Å².